The lowest BCUT2D eigenvalue weighted by atomic mass is 10.2. The van der Waals surface area contributed by atoms with Crippen LogP contribution in [0.5, 0.6) is 11.5 Å². The number of ether oxygens (including phenoxy) is 2. The molecular weight excluding hydrogens is 364 g/mol. The highest BCUT2D eigenvalue weighted by atomic mass is 16.5. The quantitative estimate of drug-likeness (QED) is 0.339. The van der Waals surface area contributed by atoms with Gasteiger partial charge in [0.15, 0.2) is 0 Å². The van der Waals surface area contributed by atoms with Crippen LogP contribution in [0.2, 0.25) is 0 Å². The lowest BCUT2D eigenvalue weighted by Gasteiger charge is -2.11. The molecule has 5 nitrogen and oxygen atoms in total. The third-order valence-corrected chi connectivity index (χ3v) is 4.18. The van der Waals surface area contributed by atoms with E-state index >= 15 is 0 Å². The second-order valence-corrected chi connectivity index (χ2v) is 7.11. The van der Waals surface area contributed by atoms with Gasteiger partial charge in [-0.25, -0.2) is 0 Å². The van der Waals surface area contributed by atoms with Crippen molar-refractivity contribution >= 4 is 17.3 Å². The summed E-state index contributed by atoms with van der Waals surface area (Å²) in [5, 5.41) is 6.00. The number of rotatable bonds is 13. The molecule has 0 aromatic heterocycles. The normalized spacial score (nSPS) is 10.3. The van der Waals surface area contributed by atoms with Gasteiger partial charge in [-0.15, -0.1) is 0 Å². The Kier molecular flexibility index (Phi) is 9.63. The van der Waals surface area contributed by atoms with Crippen LogP contribution in [-0.2, 0) is 4.79 Å². The zero-order chi connectivity index (χ0) is 20.9. The van der Waals surface area contributed by atoms with E-state index in [1.807, 2.05) is 55.5 Å². The maximum Gasteiger partial charge on any atom is 0.243 e. The summed E-state index contributed by atoms with van der Waals surface area (Å²) in [4.78, 5) is 12.2. The molecule has 2 aromatic carbocycles. The number of anilines is 2. The Bertz CT molecular complexity index is 772. The Morgan fingerprint density at radius 2 is 1.76 bits per heavy atom. The highest BCUT2D eigenvalue weighted by molar-refractivity contribution is 5.93. The zero-order valence-electron chi connectivity index (χ0n) is 17.5. The number of carbonyl (C=O) groups is 1. The summed E-state index contributed by atoms with van der Waals surface area (Å²) in [7, 11) is 0. The van der Waals surface area contributed by atoms with Gasteiger partial charge in [-0.2, -0.15) is 0 Å². The van der Waals surface area contributed by atoms with E-state index in [9.17, 15) is 4.79 Å². The largest absolute Gasteiger partial charge is 0.494 e. The number of nitrogens with one attached hydrogen (secondary N) is 2. The first-order valence-electron chi connectivity index (χ1n) is 10.2. The molecule has 0 aliphatic carbocycles. The van der Waals surface area contributed by atoms with Crippen LogP contribution in [0.4, 0.5) is 11.4 Å². The van der Waals surface area contributed by atoms with E-state index in [2.05, 4.69) is 24.1 Å². The summed E-state index contributed by atoms with van der Waals surface area (Å²) < 4.78 is 11.3. The van der Waals surface area contributed by atoms with Crippen molar-refractivity contribution in [1.82, 2.24) is 0 Å². The topological polar surface area (TPSA) is 59.6 Å². The van der Waals surface area contributed by atoms with E-state index in [-0.39, 0.29) is 12.5 Å². The van der Waals surface area contributed by atoms with Gasteiger partial charge in [-0.05, 0) is 55.3 Å². The minimum absolute atomic E-state index is 0.119. The summed E-state index contributed by atoms with van der Waals surface area (Å²) in [5.74, 6) is 1.44. The number of hydrogen-bond acceptors (Lipinski definition) is 4. The summed E-state index contributed by atoms with van der Waals surface area (Å²) in [5.41, 5.74) is 2.54. The van der Waals surface area contributed by atoms with E-state index in [4.69, 9.17) is 9.47 Å². The maximum atomic E-state index is 12.2. The van der Waals surface area contributed by atoms with Crippen LogP contribution in [0.3, 0.4) is 0 Å². The van der Waals surface area contributed by atoms with Crippen LogP contribution in [0.15, 0.2) is 60.7 Å². The average molecular weight is 397 g/mol. The zero-order valence-corrected chi connectivity index (χ0v) is 17.5. The Labute approximate surface area is 174 Å². The Balaban J connectivity index is 1.74. The minimum Gasteiger partial charge on any atom is -0.494 e. The van der Waals surface area contributed by atoms with E-state index < -0.39 is 0 Å². The van der Waals surface area contributed by atoms with Crippen molar-refractivity contribution in [2.45, 2.75) is 39.5 Å². The SMILES string of the molecule is C=C(C)COc1ccc(NC(=O)CNc2cccc(OCCCCCC)c2)cc1. The molecule has 5 heteroatoms. The molecule has 2 aromatic rings. The molecule has 0 bridgehead atoms. The molecule has 0 atom stereocenters. The number of carbonyl (C=O) groups excluding carboxylic acids is 1. The van der Waals surface area contributed by atoms with Gasteiger partial charge < -0.3 is 20.1 Å². The van der Waals surface area contributed by atoms with Crippen molar-refractivity contribution in [2.24, 2.45) is 0 Å². The molecule has 2 rings (SSSR count). The summed E-state index contributed by atoms with van der Waals surface area (Å²) >= 11 is 0. The minimum atomic E-state index is -0.119. The monoisotopic (exact) mass is 396 g/mol. The number of hydrogen-bond donors (Lipinski definition) is 2. The number of unbranched alkanes of at least 4 members (excludes halogenated alkanes) is 3. The standard InChI is InChI=1S/C24H32N2O3/c1-4-5-6-7-15-28-23-10-8-9-21(16-23)25-17-24(27)26-20-11-13-22(14-12-20)29-18-19(2)3/h8-14,16,25H,2,4-7,15,17-18H2,1,3H3,(H,26,27). The van der Waals surface area contributed by atoms with Crippen molar-refractivity contribution < 1.29 is 14.3 Å². The van der Waals surface area contributed by atoms with E-state index in [1.54, 1.807) is 0 Å². The molecule has 0 spiro atoms. The molecule has 2 N–H and O–H groups in total. The smallest absolute Gasteiger partial charge is 0.243 e. The van der Waals surface area contributed by atoms with Gasteiger partial charge in [0, 0.05) is 17.4 Å². The summed E-state index contributed by atoms with van der Waals surface area (Å²) in [6.07, 6.45) is 4.71. The first-order chi connectivity index (χ1) is 14.1. The van der Waals surface area contributed by atoms with E-state index in [1.165, 1.54) is 19.3 Å². The number of benzene rings is 2. The lowest BCUT2D eigenvalue weighted by molar-refractivity contribution is -0.114. The second-order valence-electron chi connectivity index (χ2n) is 7.11. The van der Waals surface area contributed by atoms with Crippen molar-refractivity contribution in [1.29, 1.82) is 0 Å². The number of amides is 1. The molecule has 0 unspecified atom stereocenters. The van der Waals surface area contributed by atoms with Gasteiger partial charge >= 0.3 is 0 Å². The van der Waals surface area contributed by atoms with Crippen molar-refractivity contribution in [3.8, 4) is 11.5 Å². The van der Waals surface area contributed by atoms with Gasteiger partial charge in [-0.3, -0.25) is 4.79 Å². The third kappa shape index (κ3) is 9.19. The van der Waals surface area contributed by atoms with Gasteiger partial charge in [-0.1, -0.05) is 38.8 Å². The molecule has 0 heterocycles. The average Bonchev–Trinajstić information content (AvgIpc) is 2.72. The van der Waals surface area contributed by atoms with Gasteiger partial charge in [0.1, 0.15) is 18.1 Å². The van der Waals surface area contributed by atoms with Crippen molar-refractivity contribution in [3.63, 3.8) is 0 Å². The summed E-state index contributed by atoms with van der Waals surface area (Å²) in [6, 6.07) is 15.0. The predicted molar refractivity (Wildman–Crippen MR) is 120 cm³/mol. The molecule has 0 aliphatic heterocycles. The Morgan fingerprint density at radius 3 is 2.48 bits per heavy atom. The Morgan fingerprint density at radius 1 is 0.966 bits per heavy atom. The molecule has 0 saturated heterocycles. The van der Waals surface area contributed by atoms with E-state index in [0.717, 1.165) is 41.5 Å². The molecular formula is C24H32N2O3. The molecule has 0 aliphatic rings. The van der Waals surface area contributed by atoms with Gasteiger partial charge in [0.05, 0.1) is 13.2 Å². The van der Waals surface area contributed by atoms with Gasteiger partial charge in [0.2, 0.25) is 5.91 Å². The predicted octanol–water partition coefficient (Wildman–Crippen LogP) is 5.65. The highest BCUT2D eigenvalue weighted by Gasteiger charge is 2.04. The molecule has 156 valence electrons. The summed E-state index contributed by atoms with van der Waals surface area (Å²) in [6.45, 7) is 9.29. The van der Waals surface area contributed by atoms with Gasteiger partial charge in [0.25, 0.3) is 0 Å². The van der Waals surface area contributed by atoms with Crippen LogP contribution in [-0.4, -0.2) is 25.7 Å². The highest BCUT2D eigenvalue weighted by Crippen LogP contribution is 2.18. The maximum absolute atomic E-state index is 12.2. The molecule has 1 amide bonds. The molecule has 0 radical (unpaired) electrons. The van der Waals surface area contributed by atoms with Crippen molar-refractivity contribution in [2.75, 3.05) is 30.4 Å². The van der Waals surface area contributed by atoms with E-state index in [0.29, 0.717) is 6.61 Å². The fourth-order valence-corrected chi connectivity index (χ4v) is 2.64. The Hall–Kier alpha value is -2.95. The first kappa shape index (κ1) is 22.3. The van der Waals surface area contributed by atoms with Crippen molar-refractivity contribution in [3.05, 3.63) is 60.7 Å². The third-order valence-electron chi connectivity index (χ3n) is 4.18. The van der Waals surface area contributed by atoms with Crippen LogP contribution in [0.1, 0.15) is 39.5 Å². The molecule has 29 heavy (non-hydrogen) atoms. The first-order valence-corrected chi connectivity index (χ1v) is 10.2. The fourth-order valence-electron chi connectivity index (χ4n) is 2.64. The second kappa shape index (κ2) is 12.5. The van der Waals surface area contributed by atoms with Crippen LogP contribution >= 0.6 is 0 Å². The molecule has 0 saturated carbocycles. The van der Waals surface area contributed by atoms with Crippen LogP contribution in [0.25, 0.3) is 0 Å². The lowest BCUT2D eigenvalue weighted by Crippen LogP contribution is -2.21. The van der Waals surface area contributed by atoms with Crippen LogP contribution in [0, 0.1) is 0 Å². The molecule has 0 fully saturated rings. The van der Waals surface area contributed by atoms with Crippen LogP contribution < -0.4 is 20.1 Å². The fraction of sp³-hybridized carbons (Fsp3) is 0.375.